The number of nitrogen functional groups attached to an aromatic ring is 1. The van der Waals surface area contributed by atoms with E-state index in [9.17, 15) is 9.90 Å². The Morgan fingerprint density at radius 2 is 1.78 bits per heavy atom. The van der Waals surface area contributed by atoms with Crippen molar-refractivity contribution in [3.05, 3.63) is 66.0 Å². The summed E-state index contributed by atoms with van der Waals surface area (Å²) in [6.45, 7) is 2.02. The number of nitrogens with two attached hydrogens (primary N) is 1. The Kier molecular flexibility index (Phi) is 3.54. The Hall–Kier alpha value is -3.21. The molecule has 0 aliphatic heterocycles. The van der Waals surface area contributed by atoms with Gasteiger partial charge in [0.25, 0.3) is 0 Å². The summed E-state index contributed by atoms with van der Waals surface area (Å²) in [6, 6.07) is 12.4. The highest BCUT2D eigenvalue weighted by Crippen LogP contribution is 2.30. The van der Waals surface area contributed by atoms with Gasteiger partial charge in [0.05, 0.1) is 5.69 Å². The van der Waals surface area contributed by atoms with Gasteiger partial charge in [0, 0.05) is 29.7 Å². The molecule has 0 atom stereocenters. The van der Waals surface area contributed by atoms with Crippen molar-refractivity contribution in [3.8, 4) is 22.6 Å². The maximum atomic E-state index is 11.0. The van der Waals surface area contributed by atoms with E-state index in [1.165, 1.54) is 17.7 Å². The molecule has 4 N–H and O–H groups in total. The van der Waals surface area contributed by atoms with Crippen molar-refractivity contribution in [2.75, 3.05) is 5.73 Å². The van der Waals surface area contributed by atoms with Crippen molar-refractivity contribution in [2.24, 2.45) is 0 Å². The number of aryl methyl sites for hydroxylation is 1. The van der Waals surface area contributed by atoms with Crippen LogP contribution in [0.15, 0.2) is 54.9 Å². The molecule has 0 bridgehead atoms. The lowest BCUT2D eigenvalue weighted by Crippen LogP contribution is -1.98. The predicted octanol–water partition coefficient (Wildman–Crippen LogP) is 3.44. The molecule has 0 fully saturated rings. The molecule has 1 aromatic heterocycles. The van der Waals surface area contributed by atoms with E-state index in [4.69, 9.17) is 10.8 Å². The van der Waals surface area contributed by atoms with Gasteiger partial charge in [0.1, 0.15) is 11.3 Å². The highest BCUT2D eigenvalue weighted by Gasteiger charge is 2.12. The summed E-state index contributed by atoms with van der Waals surface area (Å²) in [5.74, 6) is -1.44. The number of nitrogens with zero attached hydrogens (tertiary/aromatic N) is 1. The number of phenols is 1. The molecule has 0 saturated carbocycles. The number of aromatic carboxylic acids is 1. The molecule has 0 radical (unpaired) electrons. The van der Waals surface area contributed by atoms with Gasteiger partial charge in [-0.05, 0) is 24.6 Å². The maximum Gasteiger partial charge on any atom is 0.339 e. The van der Waals surface area contributed by atoms with Crippen molar-refractivity contribution in [2.45, 2.75) is 6.92 Å². The summed E-state index contributed by atoms with van der Waals surface area (Å²) in [6.07, 6.45) is 3.60. The van der Waals surface area contributed by atoms with Gasteiger partial charge in [-0.1, -0.05) is 29.8 Å². The van der Waals surface area contributed by atoms with E-state index in [0.29, 0.717) is 11.4 Å². The van der Waals surface area contributed by atoms with Gasteiger partial charge in [0.15, 0.2) is 0 Å². The van der Waals surface area contributed by atoms with Gasteiger partial charge in [0.2, 0.25) is 0 Å². The molecule has 2 aromatic carbocycles. The van der Waals surface area contributed by atoms with Crippen LogP contribution in [-0.2, 0) is 0 Å². The van der Waals surface area contributed by atoms with Gasteiger partial charge in [-0.2, -0.15) is 0 Å². The lowest BCUT2D eigenvalue weighted by atomic mass is 10.1. The van der Waals surface area contributed by atoms with Crippen LogP contribution in [0.4, 0.5) is 5.69 Å². The van der Waals surface area contributed by atoms with E-state index in [0.717, 1.165) is 11.1 Å². The van der Waals surface area contributed by atoms with E-state index < -0.39 is 5.97 Å². The second kappa shape index (κ2) is 5.53. The third kappa shape index (κ3) is 2.76. The Morgan fingerprint density at radius 1 is 1.09 bits per heavy atom. The molecule has 5 heteroatoms. The lowest BCUT2D eigenvalue weighted by molar-refractivity contribution is 0.0694. The van der Waals surface area contributed by atoms with Crippen LogP contribution in [0, 0.1) is 6.92 Å². The summed E-state index contributed by atoms with van der Waals surface area (Å²) >= 11 is 0. The number of hydrogen-bond donors (Lipinski definition) is 3. The Balaban J connectivity index is 2.02. The van der Waals surface area contributed by atoms with Crippen LogP contribution in [0.2, 0.25) is 0 Å². The van der Waals surface area contributed by atoms with Crippen LogP contribution in [0.5, 0.6) is 5.75 Å². The molecule has 116 valence electrons. The van der Waals surface area contributed by atoms with Gasteiger partial charge >= 0.3 is 5.97 Å². The lowest BCUT2D eigenvalue weighted by Gasteiger charge is -2.05. The molecule has 0 spiro atoms. The minimum atomic E-state index is -1.17. The topological polar surface area (TPSA) is 88.5 Å². The number of aromatic nitrogens is 1. The van der Waals surface area contributed by atoms with Crippen LogP contribution in [0.25, 0.3) is 16.8 Å². The van der Waals surface area contributed by atoms with Crippen molar-refractivity contribution < 1.29 is 15.0 Å². The minimum absolute atomic E-state index is 0.132. The fourth-order valence-corrected chi connectivity index (χ4v) is 2.46. The Bertz CT molecular complexity index is 880. The zero-order valence-corrected chi connectivity index (χ0v) is 12.5. The van der Waals surface area contributed by atoms with E-state index >= 15 is 0 Å². The average Bonchev–Trinajstić information content (AvgIpc) is 2.89. The average molecular weight is 308 g/mol. The van der Waals surface area contributed by atoms with Crippen LogP contribution in [0.3, 0.4) is 0 Å². The monoisotopic (exact) mass is 308 g/mol. The van der Waals surface area contributed by atoms with Crippen molar-refractivity contribution in [3.63, 3.8) is 0 Å². The van der Waals surface area contributed by atoms with E-state index in [-0.39, 0.29) is 11.3 Å². The summed E-state index contributed by atoms with van der Waals surface area (Å²) in [4.78, 5) is 11.0. The number of anilines is 1. The quantitative estimate of drug-likeness (QED) is 0.691. The molecule has 0 unspecified atom stereocenters. The number of hydrogen-bond acceptors (Lipinski definition) is 3. The first-order valence-electron chi connectivity index (χ1n) is 7.07. The van der Waals surface area contributed by atoms with Crippen molar-refractivity contribution in [1.29, 1.82) is 0 Å². The Labute approximate surface area is 133 Å². The molecule has 0 aliphatic rings. The largest absolute Gasteiger partial charge is 0.507 e. The van der Waals surface area contributed by atoms with Crippen LogP contribution in [-0.4, -0.2) is 20.7 Å². The number of rotatable bonds is 3. The van der Waals surface area contributed by atoms with Crippen molar-refractivity contribution >= 4 is 11.7 Å². The smallest absolute Gasteiger partial charge is 0.339 e. The van der Waals surface area contributed by atoms with Crippen LogP contribution in [0.1, 0.15) is 15.9 Å². The Morgan fingerprint density at radius 3 is 2.39 bits per heavy atom. The standard InChI is InChI=1S/C18H16N2O3/c1-11-2-4-12(5-3-11)15-9-20(10-16(15)19)13-6-7-14(18(22)23)17(21)8-13/h2-10,21H,19H2,1H3,(H,22,23). The summed E-state index contributed by atoms with van der Waals surface area (Å²) < 4.78 is 1.76. The maximum absolute atomic E-state index is 11.0. The van der Waals surface area contributed by atoms with Crippen LogP contribution >= 0.6 is 0 Å². The van der Waals surface area contributed by atoms with E-state index in [1.54, 1.807) is 16.8 Å². The number of carbonyl (C=O) groups is 1. The highest BCUT2D eigenvalue weighted by atomic mass is 16.4. The molecule has 0 saturated heterocycles. The second-order valence-electron chi connectivity index (χ2n) is 5.41. The molecule has 3 rings (SSSR count). The zero-order chi connectivity index (χ0) is 16.6. The molecular formula is C18H16N2O3. The predicted molar refractivity (Wildman–Crippen MR) is 89.0 cm³/mol. The molecule has 0 aliphatic carbocycles. The molecule has 3 aromatic rings. The van der Waals surface area contributed by atoms with E-state index in [1.807, 2.05) is 37.4 Å². The number of carboxylic acids is 1. The van der Waals surface area contributed by atoms with Gasteiger partial charge in [-0.3, -0.25) is 0 Å². The fraction of sp³-hybridized carbons (Fsp3) is 0.0556. The van der Waals surface area contributed by atoms with Crippen LogP contribution < -0.4 is 5.73 Å². The normalized spacial score (nSPS) is 10.7. The highest BCUT2D eigenvalue weighted by molar-refractivity contribution is 5.91. The molecule has 23 heavy (non-hydrogen) atoms. The first-order chi connectivity index (χ1) is 11.0. The first kappa shape index (κ1) is 14.7. The van der Waals surface area contributed by atoms with Gasteiger partial charge in [-0.25, -0.2) is 4.79 Å². The zero-order valence-electron chi connectivity index (χ0n) is 12.5. The van der Waals surface area contributed by atoms with Gasteiger partial charge < -0.3 is 20.5 Å². The third-order valence-electron chi connectivity index (χ3n) is 3.73. The molecule has 0 amide bonds. The first-order valence-corrected chi connectivity index (χ1v) is 7.07. The third-order valence-corrected chi connectivity index (χ3v) is 3.73. The molecule has 1 heterocycles. The second-order valence-corrected chi connectivity index (χ2v) is 5.41. The van der Waals surface area contributed by atoms with Gasteiger partial charge in [-0.15, -0.1) is 0 Å². The number of benzene rings is 2. The minimum Gasteiger partial charge on any atom is -0.507 e. The molecule has 5 nitrogen and oxygen atoms in total. The summed E-state index contributed by atoms with van der Waals surface area (Å²) in [5.41, 5.74) is 10.2. The summed E-state index contributed by atoms with van der Waals surface area (Å²) in [7, 11) is 0. The van der Waals surface area contributed by atoms with E-state index in [2.05, 4.69) is 0 Å². The van der Waals surface area contributed by atoms with Crippen molar-refractivity contribution in [1.82, 2.24) is 4.57 Å². The summed E-state index contributed by atoms with van der Waals surface area (Å²) in [5, 5.41) is 18.8. The SMILES string of the molecule is Cc1ccc(-c2cn(-c3ccc(C(=O)O)c(O)c3)cc2N)cc1. The molecular weight excluding hydrogens is 292 g/mol. The number of aromatic hydroxyl groups is 1. The number of carboxylic acid groups (broad SMARTS) is 1. The fourth-order valence-electron chi connectivity index (χ4n) is 2.46.